The van der Waals surface area contributed by atoms with Gasteiger partial charge in [0.15, 0.2) is 0 Å². The topological polar surface area (TPSA) is 94.0 Å². The molecule has 2 aromatic heterocycles. The van der Waals surface area contributed by atoms with Crippen molar-refractivity contribution in [3.8, 4) is 11.1 Å². The van der Waals surface area contributed by atoms with Crippen LogP contribution in [0.2, 0.25) is 0 Å². The number of anilines is 2. The fourth-order valence-electron chi connectivity index (χ4n) is 2.52. The third-order valence-electron chi connectivity index (χ3n) is 4.04. The third kappa shape index (κ3) is 9.43. The highest BCUT2D eigenvalue weighted by molar-refractivity contribution is 5.91. The monoisotopic (exact) mass is 458 g/mol. The van der Waals surface area contributed by atoms with Crippen LogP contribution in [-0.4, -0.2) is 16.0 Å². The van der Waals surface area contributed by atoms with Gasteiger partial charge < -0.3 is 10.3 Å². The minimum Gasteiger partial charge on any atom is -0.384 e. The van der Waals surface area contributed by atoms with E-state index in [0.717, 1.165) is 11.3 Å². The first-order valence-electron chi connectivity index (χ1n) is 11.5. The molecule has 0 saturated heterocycles. The number of halogens is 1. The molecule has 0 spiro atoms. The number of carbonyl (C=O) groups excluding carboxylic acids is 1. The second-order valence-electron chi connectivity index (χ2n) is 7.32. The molecule has 7 heteroatoms. The minimum atomic E-state index is -0.625. The highest BCUT2D eigenvalue weighted by Gasteiger charge is 2.19. The number of pyridine rings is 1. The lowest BCUT2D eigenvalue weighted by molar-refractivity contribution is -0.115. The van der Waals surface area contributed by atoms with Crippen LogP contribution in [0.1, 0.15) is 73.6 Å². The van der Waals surface area contributed by atoms with Gasteiger partial charge in [-0.25, -0.2) is 4.98 Å². The largest absolute Gasteiger partial charge is 0.384 e. The van der Waals surface area contributed by atoms with E-state index < -0.39 is 5.95 Å². The van der Waals surface area contributed by atoms with E-state index in [0.29, 0.717) is 17.0 Å². The zero-order valence-electron chi connectivity index (χ0n) is 21.4. The molecule has 0 aliphatic heterocycles. The van der Waals surface area contributed by atoms with E-state index in [4.69, 9.17) is 10.3 Å². The molecular formula is C26H39FN4O2. The normalized spacial score (nSPS) is 9.88. The Bertz CT molecular complexity index is 961. The number of carbonyl (C=O) groups is 1. The highest BCUT2D eigenvalue weighted by Crippen LogP contribution is 2.25. The van der Waals surface area contributed by atoms with Crippen LogP contribution in [0.3, 0.4) is 0 Å². The number of aromatic nitrogens is 2. The second-order valence-corrected chi connectivity index (χ2v) is 7.32. The Hall–Kier alpha value is -3.22. The molecule has 0 aliphatic rings. The second kappa shape index (κ2) is 14.8. The van der Waals surface area contributed by atoms with Crippen LogP contribution >= 0.6 is 0 Å². The number of hydrogen-bond acceptors (Lipinski definition) is 5. The van der Waals surface area contributed by atoms with Crippen molar-refractivity contribution >= 4 is 17.6 Å². The van der Waals surface area contributed by atoms with Crippen LogP contribution in [0.5, 0.6) is 0 Å². The van der Waals surface area contributed by atoms with Crippen molar-refractivity contribution < 1.29 is 13.7 Å². The van der Waals surface area contributed by atoms with Gasteiger partial charge in [-0.3, -0.25) is 10.1 Å². The average Bonchev–Trinajstić information content (AvgIpc) is 3.28. The summed E-state index contributed by atoms with van der Waals surface area (Å²) in [7, 11) is 0. The molecule has 3 N–H and O–H groups in total. The quantitative estimate of drug-likeness (QED) is 0.410. The lowest BCUT2D eigenvalue weighted by atomic mass is 9.92. The van der Waals surface area contributed by atoms with Crippen LogP contribution in [0.4, 0.5) is 16.1 Å². The smallest absolute Gasteiger partial charge is 0.231 e. The number of rotatable bonds is 4. The molecule has 3 aromatic rings. The molecule has 1 aromatic carbocycles. The first kappa shape index (κ1) is 29.8. The van der Waals surface area contributed by atoms with E-state index in [-0.39, 0.29) is 23.6 Å². The SMILES string of the molecule is CC.CC.CC.CC(C)(C)c1cc(NC(=O)Cc2ccc(-c3ccc(N)nc3F)cc2)on1. The average molecular weight is 459 g/mol. The maximum atomic E-state index is 13.9. The van der Waals surface area contributed by atoms with Crippen molar-refractivity contribution in [1.29, 1.82) is 0 Å². The van der Waals surface area contributed by atoms with Crippen molar-refractivity contribution in [3.05, 3.63) is 59.7 Å². The fourth-order valence-corrected chi connectivity index (χ4v) is 2.52. The summed E-state index contributed by atoms with van der Waals surface area (Å²) in [4.78, 5) is 15.8. The summed E-state index contributed by atoms with van der Waals surface area (Å²) in [5, 5.41) is 6.66. The van der Waals surface area contributed by atoms with Crippen LogP contribution < -0.4 is 11.1 Å². The van der Waals surface area contributed by atoms with Crippen LogP contribution in [0, 0.1) is 5.95 Å². The Morgan fingerprint density at radius 2 is 1.58 bits per heavy atom. The Morgan fingerprint density at radius 3 is 2.06 bits per heavy atom. The van der Waals surface area contributed by atoms with E-state index >= 15 is 0 Å². The summed E-state index contributed by atoms with van der Waals surface area (Å²) in [5.74, 6) is -0.400. The zero-order valence-corrected chi connectivity index (χ0v) is 21.4. The first-order valence-corrected chi connectivity index (χ1v) is 11.5. The van der Waals surface area contributed by atoms with Gasteiger partial charge in [0.1, 0.15) is 5.82 Å². The van der Waals surface area contributed by atoms with Gasteiger partial charge in [-0.1, -0.05) is 91.7 Å². The molecule has 0 aliphatic carbocycles. The fraction of sp³-hybridized carbons (Fsp3) is 0.423. The van der Waals surface area contributed by atoms with Gasteiger partial charge in [-0.05, 0) is 23.3 Å². The molecule has 3 rings (SSSR count). The first-order chi connectivity index (χ1) is 15.7. The van der Waals surface area contributed by atoms with Crippen molar-refractivity contribution in [3.63, 3.8) is 0 Å². The number of nitrogens with one attached hydrogen (secondary N) is 1. The number of nitrogens with two attached hydrogens (primary N) is 1. The lowest BCUT2D eigenvalue weighted by Gasteiger charge is -2.12. The highest BCUT2D eigenvalue weighted by atomic mass is 19.1. The summed E-state index contributed by atoms with van der Waals surface area (Å²) in [6.45, 7) is 18.0. The third-order valence-corrected chi connectivity index (χ3v) is 4.04. The van der Waals surface area contributed by atoms with E-state index in [1.807, 2.05) is 62.3 Å². The van der Waals surface area contributed by atoms with Crippen LogP contribution in [0.15, 0.2) is 47.0 Å². The Morgan fingerprint density at radius 1 is 1.00 bits per heavy atom. The lowest BCUT2D eigenvalue weighted by Crippen LogP contribution is -2.14. The zero-order chi connectivity index (χ0) is 25.6. The molecular weight excluding hydrogens is 419 g/mol. The molecule has 0 saturated carbocycles. The van der Waals surface area contributed by atoms with Crippen LogP contribution in [0.25, 0.3) is 11.1 Å². The van der Waals surface area contributed by atoms with Gasteiger partial charge in [0.25, 0.3) is 0 Å². The van der Waals surface area contributed by atoms with Crippen LogP contribution in [-0.2, 0) is 16.6 Å². The number of benzene rings is 1. The van der Waals surface area contributed by atoms with E-state index in [1.54, 1.807) is 42.5 Å². The molecule has 1 amide bonds. The summed E-state index contributed by atoms with van der Waals surface area (Å²) in [5.41, 5.74) is 7.88. The number of hydrogen-bond donors (Lipinski definition) is 2. The van der Waals surface area contributed by atoms with E-state index in [9.17, 15) is 9.18 Å². The van der Waals surface area contributed by atoms with Gasteiger partial charge in [0.05, 0.1) is 12.1 Å². The molecule has 0 atom stereocenters. The van der Waals surface area contributed by atoms with Crippen molar-refractivity contribution in [2.45, 2.75) is 74.1 Å². The predicted octanol–water partition coefficient (Wildman–Crippen LogP) is 7.02. The van der Waals surface area contributed by atoms with Crippen molar-refractivity contribution in [1.82, 2.24) is 10.1 Å². The summed E-state index contributed by atoms with van der Waals surface area (Å²) >= 11 is 0. The molecule has 33 heavy (non-hydrogen) atoms. The molecule has 6 nitrogen and oxygen atoms in total. The van der Waals surface area contributed by atoms with Gasteiger partial charge in [-0.15, -0.1) is 0 Å². The molecule has 0 unspecified atom stereocenters. The maximum Gasteiger partial charge on any atom is 0.231 e. The Labute approximate surface area is 197 Å². The molecule has 0 bridgehead atoms. The number of amides is 1. The van der Waals surface area contributed by atoms with Crippen molar-refractivity contribution in [2.75, 3.05) is 11.1 Å². The molecule has 2 heterocycles. The molecule has 182 valence electrons. The van der Waals surface area contributed by atoms with Gasteiger partial charge in [-0.2, -0.15) is 4.39 Å². The summed E-state index contributed by atoms with van der Waals surface area (Å²) < 4.78 is 19.1. The summed E-state index contributed by atoms with van der Waals surface area (Å²) in [6.07, 6.45) is 0.161. The van der Waals surface area contributed by atoms with Crippen molar-refractivity contribution in [2.24, 2.45) is 0 Å². The minimum absolute atomic E-state index is 0.131. The summed E-state index contributed by atoms with van der Waals surface area (Å²) in [6, 6.07) is 11.9. The van der Waals surface area contributed by atoms with E-state index in [1.165, 1.54) is 0 Å². The van der Waals surface area contributed by atoms with Gasteiger partial charge in [0, 0.05) is 17.0 Å². The standard InChI is InChI=1S/C20H21FN4O2.3C2H6/c1-20(2,3)15-11-18(27-25-15)24-17(26)10-12-4-6-13(7-5-12)14-8-9-16(22)23-19(14)21;3*1-2/h4-9,11H,10H2,1-3H3,(H2,22,23)(H,24,26);3*1-2H3. The molecule has 0 fully saturated rings. The van der Waals surface area contributed by atoms with E-state index in [2.05, 4.69) is 15.5 Å². The Balaban J connectivity index is 0.00000158. The number of nitrogens with zero attached hydrogens (tertiary/aromatic N) is 2. The Kier molecular flexibility index (Phi) is 13.3. The maximum absolute atomic E-state index is 13.9. The number of nitrogen functional groups attached to an aromatic ring is 1. The van der Waals surface area contributed by atoms with Gasteiger partial charge >= 0.3 is 0 Å². The van der Waals surface area contributed by atoms with Gasteiger partial charge in [0.2, 0.25) is 17.7 Å². The molecule has 0 radical (unpaired) electrons. The predicted molar refractivity (Wildman–Crippen MR) is 136 cm³/mol.